The Kier molecular flexibility index (Phi) is 8.05. The fraction of sp³-hybridized carbons (Fsp3) is 0.321. The number of benzene rings is 2. The largest absolute Gasteiger partial charge is 0.872 e. The molecule has 1 aliphatic heterocycles. The first-order valence-corrected chi connectivity index (χ1v) is 12.3. The number of hydrogen-bond donors (Lipinski definition) is 1. The Morgan fingerprint density at radius 2 is 1.72 bits per heavy atom. The van der Waals surface area contributed by atoms with Crippen LogP contribution in [0, 0.1) is 0 Å². The molecule has 188 valence electrons. The monoisotopic (exact) mass is 489 g/mol. The van der Waals surface area contributed by atoms with Crippen molar-refractivity contribution in [2.24, 2.45) is 0 Å². The second-order valence-corrected chi connectivity index (χ2v) is 8.55. The number of aromatic amines is 1. The average Bonchev–Trinajstić information content (AvgIpc) is 3.50. The summed E-state index contributed by atoms with van der Waals surface area (Å²) in [7, 11) is 0. The molecule has 0 radical (unpaired) electrons. The van der Waals surface area contributed by atoms with Gasteiger partial charge in [0, 0.05) is 18.5 Å². The van der Waals surface area contributed by atoms with Crippen molar-refractivity contribution in [1.29, 1.82) is 0 Å². The summed E-state index contributed by atoms with van der Waals surface area (Å²) in [6.07, 6.45) is 7.04. The Morgan fingerprint density at radius 3 is 2.36 bits per heavy atom. The molecule has 0 aliphatic carbocycles. The molecule has 1 unspecified atom stereocenters. The number of nitrogens with one attached hydrogen (secondary N) is 1. The van der Waals surface area contributed by atoms with E-state index in [0.717, 1.165) is 6.42 Å². The number of hydrogen-bond acceptors (Lipinski definition) is 5. The fourth-order valence-corrected chi connectivity index (χ4v) is 4.32. The van der Waals surface area contributed by atoms with Crippen molar-refractivity contribution in [2.75, 3.05) is 19.8 Å². The van der Waals surface area contributed by atoms with Crippen LogP contribution in [0.2, 0.25) is 0 Å². The van der Waals surface area contributed by atoms with Gasteiger partial charge in [0.25, 0.3) is 5.91 Å². The van der Waals surface area contributed by atoms with E-state index in [1.165, 1.54) is 4.90 Å². The Labute approximate surface area is 210 Å². The number of Topliss-reactive ketones (excluding diaryl/α,β-unsaturated/α-hetero) is 1. The highest BCUT2D eigenvalue weighted by molar-refractivity contribution is 6.46. The highest BCUT2D eigenvalue weighted by Crippen LogP contribution is 2.39. The highest BCUT2D eigenvalue weighted by Gasteiger charge is 2.43. The van der Waals surface area contributed by atoms with E-state index in [2.05, 4.69) is 4.98 Å². The van der Waals surface area contributed by atoms with Gasteiger partial charge < -0.3 is 19.5 Å². The summed E-state index contributed by atoms with van der Waals surface area (Å²) in [5, 5.41) is 13.6. The van der Waals surface area contributed by atoms with Gasteiger partial charge in [0.15, 0.2) is 0 Å². The molecule has 3 aromatic rings. The molecule has 36 heavy (non-hydrogen) atoms. The number of ketones is 1. The molecule has 1 aromatic heterocycles. The van der Waals surface area contributed by atoms with Crippen molar-refractivity contribution in [3.05, 3.63) is 84.0 Å². The van der Waals surface area contributed by atoms with Crippen LogP contribution in [0.1, 0.15) is 43.9 Å². The summed E-state index contributed by atoms with van der Waals surface area (Å²) in [5.74, 6) is -0.516. The van der Waals surface area contributed by atoms with Gasteiger partial charge in [-0.15, -0.1) is 0 Å². The van der Waals surface area contributed by atoms with Crippen molar-refractivity contribution < 1.29 is 28.7 Å². The Balaban J connectivity index is 1.68. The van der Waals surface area contributed by atoms with E-state index in [4.69, 9.17) is 9.47 Å². The van der Waals surface area contributed by atoms with Crippen LogP contribution in [0.3, 0.4) is 0 Å². The van der Waals surface area contributed by atoms with Gasteiger partial charge in [-0.25, -0.2) is 4.57 Å². The summed E-state index contributed by atoms with van der Waals surface area (Å²) < 4.78 is 13.1. The smallest absolute Gasteiger partial charge is 0.295 e. The summed E-state index contributed by atoms with van der Waals surface area (Å²) in [6, 6.07) is 13.1. The van der Waals surface area contributed by atoms with Gasteiger partial charge in [-0.2, -0.15) is 0 Å². The van der Waals surface area contributed by atoms with Gasteiger partial charge in [0.05, 0.1) is 25.8 Å². The number of carbonyl (C=O) groups excluding carboxylic acids is 2. The Hall–Kier alpha value is -4.07. The summed E-state index contributed by atoms with van der Waals surface area (Å²) >= 11 is 0. The third-order valence-electron chi connectivity index (χ3n) is 6.04. The van der Waals surface area contributed by atoms with Crippen LogP contribution < -0.4 is 19.1 Å². The van der Waals surface area contributed by atoms with E-state index >= 15 is 0 Å². The number of amides is 1. The Bertz CT molecular complexity index is 1200. The molecule has 1 atom stereocenters. The van der Waals surface area contributed by atoms with Gasteiger partial charge in [-0.05, 0) is 48.7 Å². The van der Waals surface area contributed by atoms with Crippen LogP contribution in [-0.4, -0.2) is 41.3 Å². The molecule has 1 aliphatic rings. The maximum Gasteiger partial charge on any atom is 0.295 e. The maximum atomic E-state index is 13.6. The van der Waals surface area contributed by atoms with Gasteiger partial charge in [-0.1, -0.05) is 36.9 Å². The minimum Gasteiger partial charge on any atom is -0.872 e. The third-order valence-corrected chi connectivity index (χ3v) is 6.04. The first kappa shape index (κ1) is 25.0. The van der Waals surface area contributed by atoms with Crippen LogP contribution in [-0.2, 0) is 16.1 Å². The number of aryl methyl sites for hydroxylation is 1. The summed E-state index contributed by atoms with van der Waals surface area (Å²) in [4.78, 5) is 30.8. The third kappa shape index (κ3) is 5.43. The predicted octanol–water partition coefficient (Wildman–Crippen LogP) is 2.80. The molecular formula is C28H31N3O5. The number of imidazole rings is 1. The van der Waals surface area contributed by atoms with Crippen molar-refractivity contribution in [3.8, 4) is 11.5 Å². The molecular weight excluding hydrogens is 458 g/mol. The number of likely N-dealkylation sites (tertiary alicyclic amines) is 1. The van der Waals surface area contributed by atoms with Crippen LogP contribution in [0.5, 0.6) is 11.5 Å². The standard InChI is InChI=1S/C28H31N3O5/c1-3-18-36-23-12-8-21(9-13-23)26(32)24-25(20-6-10-22(11-7-20)35-4-2)31(28(34)27(24)33)16-5-15-30-17-14-29-19-30/h6-14,17,19,25H,3-5,15-16,18H2,1-2H3,(H,32,33). The van der Waals surface area contributed by atoms with E-state index < -0.39 is 23.5 Å². The molecule has 1 saturated heterocycles. The lowest BCUT2D eigenvalue weighted by Crippen LogP contribution is -2.36. The first-order chi connectivity index (χ1) is 17.5. The number of rotatable bonds is 11. The van der Waals surface area contributed by atoms with Crippen LogP contribution in [0.4, 0.5) is 0 Å². The molecule has 0 bridgehead atoms. The fourth-order valence-electron chi connectivity index (χ4n) is 4.32. The van der Waals surface area contributed by atoms with Crippen molar-refractivity contribution >= 4 is 17.4 Å². The lowest BCUT2D eigenvalue weighted by Gasteiger charge is -2.27. The zero-order valence-corrected chi connectivity index (χ0v) is 20.6. The Morgan fingerprint density at radius 1 is 1.03 bits per heavy atom. The zero-order chi connectivity index (χ0) is 25.5. The molecule has 2 aromatic carbocycles. The molecule has 0 spiro atoms. The van der Waals surface area contributed by atoms with E-state index in [-0.39, 0.29) is 5.57 Å². The van der Waals surface area contributed by atoms with Crippen LogP contribution >= 0.6 is 0 Å². The molecule has 1 amide bonds. The average molecular weight is 490 g/mol. The number of ether oxygens (including phenoxy) is 2. The van der Waals surface area contributed by atoms with Gasteiger partial charge >= 0.3 is 0 Å². The molecule has 1 fully saturated rings. The number of nitrogens with zero attached hydrogens (tertiary/aromatic N) is 2. The van der Waals surface area contributed by atoms with E-state index in [9.17, 15) is 14.7 Å². The number of aromatic nitrogens is 2. The zero-order valence-electron chi connectivity index (χ0n) is 20.6. The lowest BCUT2D eigenvalue weighted by molar-refractivity contribution is -0.695. The van der Waals surface area contributed by atoms with Gasteiger partial charge in [-0.3, -0.25) is 14.6 Å². The van der Waals surface area contributed by atoms with Crippen LogP contribution in [0.25, 0.3) is 5.76 Å². The minimum atomic E-state index is -0.764. The predicted molar refractivity (Wildman–Crippen MR) is 132 cm³/mol. The van der Waals surface area contributed by atoms with Gasteiger partial charge in [0.2, 0.25) is 12.1 Å². The quantitative estimate of drug-likeness (QED) is 0.193. The van der Waals surface area contributed by atoms with E-state index in [1.54, 1.807) is 36.4 Å². The van der Waals surface area contributed by atoms with Crippen molar-refractivity contribution in [3.63, 3.8) is 0 Å². The van der Waals surface area contributed by atoms with Crippen LogP contribution in [0.15, 0.2) is 72.8 Å². The normalized spacial score (nSPS) is 16.9. The minimum absolute atomic E-state index is 0.0271. The molecule has 4 rings (SSSR count). The molecule has 2 heterocycles. The van der Waals surface area contributed by atoms with Crippen molar-refractivity contribution in [2.45, 2.75) is 39.3 Å². The second kappa shape index (κ2) is 11.6. The van der Waals surface area contributed by atoms with Gasteiger partial charge in [0.1, 0.15) is 23.9 Å². The number of H-pyrrole nitrogens is 1. The molecule has 8 heteroatoms. The summed E-state index contributed by atoms with van der Waals surface area (Å²) in [5.41, 5.74) is 1.01. The second-order valence-electron chi connectivity index (χ2n) is 8.55. The first-order valence-electron chi connectivity index (χ1n) is 12.3. The molecule has 0 saturated carbocycles. The number of carbonyl (C=O) groups is 2. The maximum absolute atomic E-state index is 13.6. The summed E-state index contributed by atoms with van der Waals surface area (Å²) in [6.45, 7) is 6.02. The lowest BCUT2D eigenvalue weighted by atomic mass is 9.95. The molecule has 1 N–H and O–H groups in total. The van der Waals surface area contributed by atoms with E-state index in [1.807, 2.05) is 49.3 Å². The van der Waals surface area contributed by atoms with Crippen molar-refractivity contribution in [1.82, 2.24) is 9.88 Å². The highest BCUT2D eigenvalue weighted by atomic mass is 16.5. The van der Waals surface area contributed by atoms with E-state index in [0.29, 0.717) is 55.4 Å². The SMILES string of the molecule is CCCOc1ccc(/C([O-])=C2\C(=O)C(=O)N(CCC[n+]3cc[nH]c3)C2c2ccc(OCC)cc2)cc1. The molecule has 8 nitrogen and oxygen atoms in total. The topological polar surface area (TPSA) is 98.6 Å².